The van der Waals surface area contributed by atoms with Gasteiger partial charge in [0.25, 0.3) is 0 Å². The molecule has 1 amide bonds. The summed E-state index contributed by atoms with van der Waals surface area (Å²) in [6, 6.07) is 13.2. The summed E-state index contributed by atoms with van der Waals surface area (Å²) in [6.45, 7) is 10.9. The van der Waals surface area contributed by atoms with Gasteiger partial charge in [-0.15, -0.1) is 0 Å². The summed E-state index contributed by atoms with van der Waals surface area (Å²) in [5.41, 5.74) is 2.54. The van der Waals surface area contributed by atoms with Crippen LogP contribution in [0.25, 0.3) is 15.9 Å². The number of aryl methyl sites for hydroxylation is 1. The molecule has 0 radical (unpaired) electrons. The fourth-order valence-corrected chi connectivity index (χ4v) is 3.84. The number of benzene rings is 2. The van der Waals surface area contributed by atoms with Crippen molar-refractivity contribution >= 4 is 28.6 Å². The van der Waals surface area contributed by atoms with Crippen LogP contribution in [-0.4, -0.2) is 20.6 Å². The van der Waals surface area contributed by atoms with E-state index in [4.69, 9.17) is 6.57 Å². The van der Waals surface area contributed by atoms with Crippen LogP contribution in [0.4, 0.5) is 11.6 Å². The molecule has 1 fully saturated rings. The third-order valence-electron chi connectivity index (χ3n) is 5.72. The second-order valence-electron chi connectivity index (χ2n) is 7.99. The van der Waals surface area contributed by atoms with E-state index in [2.05, 4.69) is 15.1 Å². The van der Waals surface area contributed by atoms with Crippen molar-refractivity contribution in [3.8, 4) is 0 Å². The highest BCUT2D eigenvalue weighted by Crippen LogP contribution is 2.39. The van der Waals surface area contributed by atoms with E-state index in [0.717, 1.165) is 35.9 Å². The first-order valence-electron chi connectivity index (χ1n) is 9.87. The van der Waals surface area contributed by atoms with Crippen LogP contribution >= 0.6 is 0 Å². The van der Waals surface area contributed by atoms with Crippen molar-refractivity contribution in [1.82, 2.24) is 9.55 Å². The SMILES string of the molecule is C.[C-]#[N+]c1cc2c(cc1C)nc(NC(=O)C[C@@](C)(O)c1ccccc1)n2C1CCC1. The van der Waals surface area contributed by atoms with Crippen molar-refractivity contribution < 1.29 is 9.90 Å². The minimum atomic E-state index is -1.27. The molecule has 2 aromatic carbocycles. The number of hydrogen-bond donors (Lipinski definition) is 2. The highest BCUT2D eigenvalue weighted by atomic mass is 16.3. The van der Waals surface area contributed by atoms with E-state index in [0.29, 0.717) is 17.2 Å². The highest BCUT2D eigenvalue weighted by molar-refractivity contribution is 5.93. The molecule has 6 heteroatoms. The minimum Gasteiger partial charge on any atom is -0.385 e. The molecule has 6 nitrogen and oxygen atoms in total. The van der Waals surface area contributed by atoms with Gasteiger partial charge in [-0.1, -0.05) is 37.8 Å². The molecule has 0 bridgehead atoms. The van der Waals surface area contributed by atoms with Gasteiger partial charge in [0.2, 0.25) is 11.9 Å². The Morgan fingerprint density at radius 1 is 1.33 bits per heavy atom. The monoisotopic (exact) mass is 404 g/mol. The van der Waals surface area contributed by atoms with Crippen molar-refractivity contribution in [3.05, 3.63) is 65.0 Å². The Balaban J connectivity index is 0.00000256. The number of aliphatic hydroxyl groups is 1. The van der Waals surface area contributed by atoms with Gasteiger partial charge in [0, 0.05) is 6.04 Å². The van der Waals surface area contributed by atoms with Crippen LogP contribution in [0, 0.1) is 13.5 Å². The number of carbonyl (C=O) groups is 1. The lowest BCUT2D eigenvalue weighted by Crippen LogP contribution is -2.30. The average molecular weight is 405 g/mol. The Bertz CT molecular complexity index is 1110. The van der Waals surface area contributed by atoms with Crippen LogP contribution in [0.2, 0.25) is 0 Å². The number of hydrogen-bond acceptors (Lipinski definition) is 3. The van der Waals surface area contributed by atoms with E-state index in [-0.39, 0.29) is 25.8 Å². The summed E-state index contributed by atoms with van der Waals surface area (Å²) in [4.78, 5) is 21.0. The van der Waals surface area contributed by atoms with Crippen molar-refractivity contribution in [2.75, 3.05) is 5.32 Å². The van der Waals surface area contributed by atoms with Crippen LogP contribution < -0.4 is 5.32 Å². The van der Waals surface area contributed by atoms with E-state index in [1.165, 1.54) is 0 Å². The number of aromatic nitrogens is 2. The molecular weight excluding hydrogens is 376 g/mol. The van der Waals surface area contributed by atoms with Gasteiger partial charge in [0.1, 0.15) is 0 Å². The lowest BCUT2D eigenvalue weighted by molar-refractivity contribution is -0.120. The molecule has 3 aromatic rings. The van der Waals surface area contributed by atoms with Gasteiger partial charge in [-0.3, -0.25) is 10.1 Å². The van der Waals surface area contributed by atoms with Crippen LogP contribution in [0.3, 0.4) is 0 Å². The molecule has 0 unspecified atom stereocenters. The normalized spacial score (nSPS) is 15.5. The first-order chi connectivity index (χ1) is 13.9. The Morgan fingerprint density at radius 2 is 2.03 bits per heavy atom. The molecule has 0 saturated heterocycles. The first-order valence-corrected chi connectivity index (χ1v) is 9.87. The van der Waals surface area contributed by atoms with E-state index in [9.17, 15) is 9.90 Å². The molecule has 1 atom stereocenters. The minimum absolute atomic E-state index is 0. The molecule has 0 aliphatic heterocycles. The second kappa shape index (κ2) is 8.29. The lowest BCUT2D eigenvalue weighted by atomic mass is 9.92. The zero-order valence-corrected chi connectivity index (χ0v) is 16.6. The zero-order valence-electron chi connectivity index (χ0n) is 16.6. The molecule has 1 aliphatic rings. The maximum atomic E-state index is 12.8. The Labute approximate surface area is 177 Å². The lowest BCUT2D eigenvalue weighted by Gasteiger charge is -2.29. The highest BCUT2D eigenvalue weighted by Gasteiger charge is 2.29. The summed E-state index contributed by atoms with van der Waals surface area (Å²) in [6.07, 6.45) is 3.12. The van der Waals surface area contributed by atoms with Crippen molar-refractivity contribution in [2.45, 2.75) is 58.6 Å². The van der Waals surface area contributed by atoms with Crippen LogP contribution in [0.1, 0.15) is 57.2 Å². The zero-order chi connectivity index (χ0) is 20.6. The molecule has 2 N–H and O–H groups in total. The van der Waals surface area contributed by atoms with E-state index < -0.39 is 5.60 Å². The van der Waals surface area contributed by atoms with Gasteiger partial charge in [-0.25, -0.2) is 9.83 Å². The van der Waals surface area contributed by atoms with E-state index >= 15 is 0 Å². The third-order valence-corrected chi connectivity index (χ3v) is 5.72. The van der Waals surface area contributed by atoms with Crippen LogP contribution in [0.15, 0.2) is 42.5 Å². The number of nitrogens with zero attached hydrogens (tertiary/aromatic N) is 3. The largest absolute Gasteiger partial charge is 0.385 e. The molecule has 0 spiro atoms. The van der Waals surface area contributed by atoms with Gasteiger partial charge in [-0.2, -0.15) is 0 Å². The standard InChI is InChI=1S/C23H24N4O2.CH4/c1-15-12-19-20(13-18(15)24-3)27(17-10-7-11-17)22(25-19)26-21(28)14-23(2,29)16-8-5-4-6-9-16;/h4-6,8-9,12-13,17,29H,7,10-11,14H2,1-2H3,(H,25,26,28);1H4/t23-;/m1./s1. The second-order valence-corrected chi connectivity index (χ2v) is 7.99. The molecule has 1 aromatic heterocycles. The van der Waals surface area contributed by atoms with Gasteiger partial charge in [0.05, 0.1) is 29.6 Å². The first kappa shape index (κ1) is 21.5. The average Bonchev–Trinajstić information content (AvgIpc) is 2.96. The summed E-state index contributed by atoms with van der Waals surface area (Å²) >= 11 is 0. The summed E-state index contributed by atoms with van der Waals surface area (Å²) in [7, 11) is 0. The maximum absolute atomic E-state index is 12.8. The molecule has 1 heterocycles. The predicted molar refractivity (Wildman–Crippen MR) is 120 cm³/mol. The third kappa shape index (κ3) is 3.94. The van der Waals surface area contributed by atoms with Crippen molar-refractivity contribution in [1.29, 1.82) is 0 Å². The van der Waals surface area contributed by atoms with Gasteiger partial charge < -0.3 is 9.67 Å². The summed E-state index contributed by atoms with van der Waals surface area (Å²) in [5, 5.41) is 13.7. The van der Waals surface area contributed by atoms with Crippen molar-refractivity contribution in [2.24, 2.45) is 0 Å². The quantitative estimate of drug-likeness (QED) is 0.552. The number of nitrogens with one attached hydrogen (secondary N) is 1. The molecule has 156 valence electrons. The van der Waals surface area contributed by atoms with Crippen LogP contribution in [0.5, 0.6) is 0 Å². The number of amides is 1. The Hall–Kier alpha value is -3.17. The number of rotatable bonds is 5. The number of carbonyl (C=O) groups excluding carboxylic acids is 1. The molecule has 30 heavy (non-hydrogen) atoms. The molecule has 1 aliphatic carbocycles. The maximum Gasteiger partial charge on any atom is 0.229 e. The smallest absolute Gasteiger partial charge is 0.229 e. The van der Waals surface area contributed by atoms with E-state index in [1.807, 2.05) is 54.0 Å². The number of anilines is 1. The summed E-state index contributed by atoms with van der Waals surface area (Å²) in [5.74, 6) is 0.192. The van der Waals surface area contributed by atoms with Crippen LogP contribution in [-0.2, 0) is 10.4 Å². The fourth-order valence-electron chi connectivity index (χ4n) is 3.84. The van der Waals surface area contributed by atoms with Crippen molar-refractivity contribution in [3.63, 3.8) is 0 Å². The fraction of sp³-hybridized carbons (Fsp3) is 0.375. The Kier molecular flexibility index (Phi) is 5.95. The van der Waals surface area contributed by atoms with Gasteiger partial charge in [-0.05, 0) is 56.4 Å². The number of fused-ring (bicyclic) bond motifs is 1. The van der Waals surface area contributed by atoms with Gasteiger partial charge >= 0.3 is 0 Å². The molecule has 1 saturated carbocycles. The number of imidazole rings is 1. The predicted octanol–water partition coefficient (Wildman–Crippen LogP) is 5.49. The summed E-state index contributed by atoms with van der Waals surface area (Å²) < 4.78 is 2.04. The van der Waals surface area contributed by atoms with E-state index in [1.54, 1.807) is 6.92 Å². The Morgan fingerprint density at radius 3 is 2.63 bits per heavy atom. The topological polar surface area (TPSA) is 71.5 Å². The van der Waals surface area contributed by atoms with Gasteiger partial charge in [0.15, 0.2) is 5.69 Å². The molecule has 4 rings (SSSR count). The molecular formula is C24H28N4O2.